The van der Waals surface area contributed by atoms with Gasteiger partial charge in [-0.3, -0.25) is 4.79 Å². The predicted molar refractivity (Wildman–Crippen MR) is 103 cm³/mol. The van der Waals surface area contributed by atoms with E-state index in [4.69, 9.17) is 4.74 Å². The third-order valence-electron chi connectivity index (χ3n) is 5.24. The summed E-state index contributed by atoms with van der Waals surface area (Å²) in [6.45, 7) is 0.994. The largest absolute Gasteiger partial charge is 0.469 e. The number of esters is 1. The van der Waals surface area contributed by atoms with E-state index in [1.54, 1.807) is 0 Å². The van der Waals surface area contributed by atoms with Crippen molar-refractivity contribution >= 4 is 16.9 Å². The third-order valence-corrected chi connectivity index (χ3v) is 5.24. The molecule has 1 aliphatic heterocycles. The molecule has 4 heteroatoms. The quantitative estimate of drug-likeness (QED) is 0.691. The summed E-state index contributed by atoms with van der Waals surface area (Å²) in [5.74, 6) is -0.201. The van der Waals surface area contributed by atoms with Crippen LogP contribution in [-0.4, -0.2) is 24.6 Å². The van der Waals surface area contributed by atoms with Crippen molar-refractivity contribution in [2.24, 2.45) is 0 Å². The molecule has 3 aromatic rings. The van der Waals surface area contributed by atoms with Crippen molar-refractivity contribution in [1.29, 1.82) is 0 Å². The molecule has 26 heavy (non-hydrogen) atoms. The monoisotopic (exact) mass is 348 g/mol. The first kappa shape index (κ1) is 16.9. The summed E-state index contributed by atoms with van der Waals surface area (Å²) >= 11 is 0. The molecule has 2 aromatic carbocycles. The Labute approximate surface area is 153 Å². The Morgan fingerprint density at radius 2 is 2.00 bits per heavy atom. The SMILES string of the molecule is COC(=O)Cc1ccc2[nH]c3c(c2c1)C(CCc1ccccc1)NCC3. The lowest BCUT2D eigenvalue weighted by atomic mass is 9.92. The number of fused-ring (bicyclic) bond motifs is 3. The van der Waals surface area contributed by atoms with E-state index in [-0.39, 0.29) is 5.97 Å². The lowest BCUT2D eigenvalue weighted by Gasteiger charge is -2.25. The molecule has 1 atom stereocenters. The Balaban J connectivity index is 1.63. The molecule has 4 rings (SSSR count). The average Bonchev–Trinajstić information content (AvgIpc) is 3.05. The highest BCUT2D eigenvalue weighted by Crippen LogP contribution is 2.34. The average molecular weight is 348 g/mol. The second-order valence-electron chi connectivity index (χ2n) is 6.93. The fraction of sp³-hybridized carbons (Fsp3) is 0.318. The molecule has 0 fully saturated rings. The maximum absolute atomic E-state index is 11.6. The Morgan fingerprint density at radius 1 is 1.15 bits per heavy atom. The van der Waals surface area contributed by atoms with Gasteiger partial charge in [0.15, 0.2) is 0 Å². The second-order valence-corrected chi connectivity index (χ2v) is 6.93. The number of H-pyrrole nitrogens is 1. The summed E-state index contributed by atoms with van der Waals surface area (Å²) in [5, 5.41) is 4.91. The van der Waals surface area contributed by atoms with Gasteiger partial charge in [0, 0.05) is 35.6 Å². The zero-order valence-electron chi connectivity index (χ0n) is 15.0. The van der Waals surface area contributed by atoms with Crippen molar-refractivity contribution in [3.05, 3.63) is 70.9 Å². The van der Waals surface area contributed by atoms with Gasteiger partial charge in [-0.25, -0.2) is 0 Å². The Kier molecular flexibility index (Phi) is 4.76. The fourth-order valence-corrected chi connectivity index (χ4v) is 3.94. The van der Waals surface area contributed by atoms with Crippen LogP contribution in [0.3, 0.4) is 0 Å². The lowest BCUT2D eigenvalue weighted by Crippen LogP contribution is -2.29. The number of ether oxygens (including phenoxy) is 1. The van der Waals surface area contributed by atoms with Crippen molar-refractivity contribution in [3.63, 3.8) is 0 Å². The molecule has 0 spiro atoms. The number of hydrogen-bond donors (Lipinski definition) is 2. The van der Waals surface area contributed by atoms with E-state index < -0.39 is 0 Å². The van der Waals surface area contributed by atoms with E-state index >= 15 is 0 Å². The third kappa shape index (κ3) is 3.37. The summed E-state index contributed by atoms with van der Waals surface area (Å²) in [6.07, 6.45) is 3.43. The Bertz CT molecular complexity index is 915. The zero-order valence-corrected chi connectivity index (χ0v) is 15.0. The topological polar surface area (TPSA) is 54.1 Å². The Morgan fingerprint density at radius 3 is 2.81 bits per heavy atom. The van der Waals surface area contributed by atoms with Crippen LogP contribution in [0.5, 0.6) is 0 Å². The molecule has 1 aliphatic rings. The van der Waals surface area contributed by atoms with Crippen LogP contribution in [-0.2, 0) is 28.8 Å². The standard InChI is InChI=1S/C22H24N2O2/c1-26-21(25)14-16-8-9-18-17(13-16)22-19(23-12-11-20(22)24-18)10-7-15-5-3-2-4-6-15/h2-6,8-9,13,19,23-24H,7,10-12,14H2,1H3. The first-order chi connectivity index (χ1) is 12.7. The molecule has 0 bridgehead atoms. The van der Waals surface area contributed by atoms with Crippen molar-refractivity contribution in [2.45, 2.75) is 31.7 Å². The number of aromatic nitrogens is 1. The van der Waals surface area contributed by atoms with Crippen LogP contribution >= 0.6 is 0 Å². The first-order valence-corrected chi connectivity index (χ1v) is 9.22. The number of carbonyl (C=O) groups excluding carboxylic acids is 1. The number of methoxy groups -OCH3 is 1. The summed E-state index contributed by atoms with van der Waals surface area (Å²) in [6, 6.07) is 17.2. The van der Waals surface area contributed by atoms with Gasteiger partial charge in [0.2, 0.25) is 0 Å². The fourth-order valence-electron chi connectivity index (χ4n) is 3.94. The van der Waals surface area contributed by atoms with Gasteiger partial charge < -0.3 is 15.0 Å². The summed E-state index contributed by atoms with van der Waals surface area (Å²) in [5.41, 5.74) is 6.21. The minimum atomic E-state index is -0.201. The van der Waals surface area contributed by atoms with Crippen LogP contribution in [0.4, 0.5) is 0 Å². The van der Waals surface area contributed by atoms with Crippen molar-refractivity contribution < 1.29 is 9.53 Å². The smallest absolute Gasteiger partial charge is 0.309 e. The molecule has 2 N–H and O–H groups in total. The van der Waals surface area contributed by atoms with Gasteiger partial charge in [-0.2, -0.15) is 0 Å². The first-order valence-electron chi connectivity index (χ1n) is 9.22. The van der Waals surface area contributed by atoms with Crippen molar-refractivity contribution in [1.82, 2.24) is 10.3 Å². The number of carbonyl (C=O) groups is 1. The van der Waals surface area contributed by atoms with Crippen LogP contribution in [0.2, 0.25) is 0 Å². The number of aryl methyl sites for hydroxylation is 1. The molecule has 134 valence electrons. The van der Waals surface area contributed by atoms with Gasteiger partial charge in [-0.15, -0.1) is 0 Å². The van der Waals surface area contributed by atoms with Gasteiger partial charge in [-0.1, -0.05) is 36.4 Å². The van der Waals surface area contributed by atoms with Gasteiger partial charge >= 0.3 is 5.97 Å². The van der Waals surface area contributed by atoms with E-state index in [0.717, 1.165) is 36.9 Å². The van der Waals surface area contributed by atoms with Crippen LogP contribution in [0.1, 0.15) is 34.8 Å². The van der Waals surface area contributed by atoms with Gasteiger partial charge in [-0.05, 0) is 41.7 Å². The van der Waals surface area contributed by atoms with Gasteiger partial charge in [0.05, 0.1) is 13.5 Å². The van der Waals surface area contributed by atoms with Crippen LogP contribution in [0, 0.1) is 0 Å². The molecule has 1 aromatic heterocycles. The number of benzene rings is 2. The lowest BCUT2D eigenvalue weighted by molar-refractivity contribution is -0.139. The molecule has 0 radical (unpaired) electrons. The normalized spacial score (nSPS) is 16.4. The van der Waals surface area contributed by atoms with Crippen LogP contribution in [0.15, 0.2) is 48.5 Å². The molecular weight excluding hydrogens is 324 g/mol. The highest BCUT2D eigenvalue weighted by atomic mass is 16.5. The van der Waals surface area contributed by atoms with Gasteiger partial charge in [0.25, 0.3) is 0 Å². The van der Waals surface area contributed by atoms with Crippen molar-refractivity contribution in [2.75, 3.05) is 13.7 Å². The molecule has 0 amide bonds. The molecule has 1 unspecified atom stereocenters. The van der Waals surface area contributed by atoms with E-state index in [9.17, 15) is 4.79 Å². The minimum Gasteiger partial charge on any atom is -0.469 e. The summed E-state index contributed by atoms with van der Waals surface area (Å²) < 4.78 is 4.81. The van der Waals surface area contributed by atoms with Crippen LogP contribution < -0.4 is 5.32 Å². The molecule has 2 heterocycles. The van der Waals surface area contributed by atoms with Crippen LogP contribution in [0.25, 0.3) is 10.9 Å². The predicted octanol–water partition coefficient (Wildman–Crippen LogP) is 3.70. The van der Waals surface area contributed by atoms with E-state index in [2.05, 4.69) is 52.8 Å². The Hall–Kier alpha value is -2.59. The molecule has 0 aliphatic carbocycles. The number of nitrogens with one attached hydrogen (secondary N) is 2. The minimum absolute atomic E-state index is 0.201. The highest BCUT2D eigenvalue weighted by Gasteiger charge is 2.24. The van der Waals surface area contributed by atoms with Crippen molar-refractivity contribution in [3.8, 4) is 0 Å². The maximum atomic E-state index is 11.6. The zero-order chi connectivity index (χ0) is 17.9. The van der Waals surface area contributed by atoms with Gasteiger partial charge in [0.1, 0.15) is 0 Å². The molecule has 0 saturated heterocycles. The van der Waals surface area contributed by atoms with E-state index in [1.807, 2.05) is 6.07 Å². The number of aromatic amines is 1. The molecular formula is C22H24N2O2. The summed E-state index contributed by atoms with van der Waals surface area (Å²) in [4.78, 5) is 15.2. The molecule has 4 nitrogen and oxygen atoms in total. The summed E-state index contributed by atoms with van der Waals surface area (Å²) in [7, 11) is 1.43. The maximum Gasteiger partial charge on any atom is 0.309 e. The second kappa shape index (κ2) is 7.34. The van der Waals surface area contributed by atoms with E-state index in [1.165, 1.54) is 29.3 Å². The number of rotatable bonds is 5. The highest BCUT2D eigenvalue weighted by molar-refractivity contribution is 5.87. The molecule has 0 saturated carbocycles. The number of hydrogen-bond acceptors (Lipinski definition) is 3. The van der Waals surface area contributed by atoms with E-state index in [0.29, 0.717) is 12.5 Å².